The molecule has 2 aromatic rings. The highest BCUT2D eigenvalue weighted by Gasteiger charge is 2.23. The van der Waals surface area contributed by atoms with Crippen molar-refractivity contribution >= 4 is 23.0 Å². The predicted molar refractivity (Wildman–Crippen MR) is 126 cm³/mol. The van der Waals surface area contributed by atoms with Gasteiger partial charge in [0.05, 0.1) is 29.4 Å². The summed E-state index contributed by atoms with van der Waals surface area (Å²) in [6.07, 6.45) is 7.19. The van der Waals surface area contributed by atoms with Crippen molar-refractivity contribution in [3.05, 3.63) is 53.6 Å². The molecule has 1 aliphatic carbocycles. The molecule has 2 aromatic carbocycles. The molecule has 0 heterocycles. The van der Waals surface area contributed by atoms with Crippen molar-refractivity contribution in [2.45, 2.75) is 70.8 Å². The van der Waals surface area contributed by atoms with Crippen LogP contribution in [0.5, 0.6) is 0 Å². The number of rotatable bonds is 9. The lowest BCUT2D eigenvalue weighted by molar-refractivity contribution is -0.137. The molecule has 1 fully saturated rings. The van der Waals surface area contributed by atoms with Gasteiger partial charge in [-0.25, -0.2) is 0 Å². The second-order valence-corrected chi connectivity index (χ2v) is 8.37. The quantitative estimate of drug-likeness (QED) is 0.490. The Kier molecular flexibility index (Phi) is 7.94. The number of carboxylic acid groups (broad SMARTS) is 1. The number of carboxylic acids is 1. The third-order valence-corrected chi connectivity index (χ3v) is 6.36. The van der Waals surface area contributed by atoms with Crippen LogP contribution in [0.3, 0.4) is 0 Å². The molecule has 3 rings (SSSR count). The number of hydrogen-bond donors (Lipinski definition) is 2. The number of hydrogen-bond acceptors (Lipinski definition) is 4. The Morgan fingerprint density at radius 3 is 2.45 bits per heavy atom. The van der Waals surface area contributed by atoms with E-state index in [2.05, 4.69) is 41.4 Å². The number of benzene rings is 2. The smallest absolute Gasteiger partial charge is 0.303 e. The summed E-state index contributed by atoms with van der Waals surface area (Å²) in [4.78, 5) is 13.8. The van der Waals surface area contributed by atoms with E-state index in [-0.39, 0.29) is 12.3 Å². The standard InChI is InChI=1S/C26H33N3O2/c1-3-20(17-26(30)31)21-12-15-25(29(4-2)23-8-6-5-7-9-23)24(16-21)28-22-13-10-19(18-27)11-14-22/h10-16,20,23,28H,3-9,17H2,1-2H3,(H,30,31)/t20-/m1/s1. The average Bonchev–Trinajstić information content (AvgIpc) is 2.80. The molecule has 0 saturated heterocycles. The van der Waals surface area contributed by atoms with E-state index in [1.807, 2.05) is 31.2 Å². The maximum atomic E-state index is 11.4. The molecule has 5 nitrogen and oxygen atoms in total. The molecule has 1 aliphatic rings. The SMILES string of the molecule is CC[C@H](CC(=O)O)c1ccc(N(CC)C2CCCCC2)c(Nc2ccc(C#N)cc2)c1. The summed E-state index contributed by atoms with van der Waals surface area (Å²) >= 11 is 0. The van der Waals surface area contributed by atoms with Crippen molar-refractivity contribution in [1.82, 2.24) is 0 Å². The van der Waals surface area contributed by atoms with E-state index in [4.69, 9.17) is 5.26 Å². The van der Waals surface area contributed by atoms with Gasteiger partial charge in [-0.15, -0.1) is 0 Å². The molecule has 0 aliphatic heterocycles. The van der Waals surface area contributed by atoms with Crippen LogP contribution < -0.4 is 10.2 Å². The summed E-state index contributed by atoms with van der Waals surface area (Å²) in [7, 11) is 0. The first-order valence-electron chi connectivity index (χ1n) is 11.4. The minimum Gasteiger partial charge on any atom is -0.481 e. The van der Waals surface area contributed by atoms with E-state index in [9.17, 15) is 9.90 Å². The van der Waals surface area contributed by atoms with Crippen LogP contribution in [0, 0.1) is 11.3 Å². The summed E-state index contributed by atoms with van der Waals surface area (Å²) in [5.41, 5.74) is 4.75. The van der Waals surface area contributed by atoms with Gasteiger partial charge in [0.25, 0.3) is 0 Å². The van der Waals surface area contributed by atoms with Crippen LogP contribution in [0.15, 0.2) is 42.5 Å². The average molecular weight is 420 g/mol. The van der Waals surface area contributed by atoms with Crippen molar-refractivity contribution in [2.75, 3.05) is 16.8 Å². The Balaban J connectivity index is 1.99. The lowest BCUT2D eigenvalue weighted by Gasteiger charge is -2.37. The first kappa shape index (κ1) is 22.7. The number of nitrogens with one attached hydrogen (secondary N) is 1. The Hall–Kier alpha value is -3.00. The summed E-state index contributed by atoms with van der Waals surface area (Å²) in [6.45, 7) is 5.17. The van der Waals surface area contributed by atoms with E-state index in [1.165, 1.54) is 32.1 Å². The Bertz CT molecular complexity index is 911. The van der Waals surface area contributed by atoms with Crippen molar-refractivity contribution in [3.63, 3.8) is 0 Å². The molecule has 0 unspecified atom stereocenters. The van der Waals surface area contributed by atoms with E-state index in [1.54, 1.807) is 0 Å². The summed E-state index contributed by atoms with van der Waals surface area (Å²) < 4.78 is 0. The van der Waals surface area contributed by atoms with Gasteiger partial charge in [-0.1, -0.05) is 32.3 Å². The van der Waals surface area contributed by atoms with Crippen molar-refractivity contribution in [2.24, 2.45) is 0 Å². The molecule has 1 saturated carbocycles. The minimum absolute atomic E-state index is 0.0159. The van der Waals surface area contributed by atoms with Crippen molar-refractivity contribution in [1.29, 1.82) is 5.26 Å². The van der Waals surface area contributed by atoms with Crippen LogP contribution in [-0.2, 0) is 4.79 Å². The zero-order chi connectivity index (χ0) is 22.2. The predicted octanol–water partition coefficient (Wildman–Crippen LogP) is 6.43. The van der Waals surface area contributed by atoms with E-state index in [0.29, 0.717) is 11.6 Å². The second-order valence-electron chi connectivity index (χ2n) is 8.37. The summed E-state index contributed by atoms with van der Waals surface area (Å²) in [5.74, 6) is -0.784. The van der Waals surface area contributed by atoms with Gasteiger partial charge < -0.3 is 15.3 Å². The fourth-order valence-corrected chi connectivity index (χ4v) is 4.67. The third kappa shape index (κ3) is 5.79. The fraction of sp³-hybridized carbons (Fsp3) is 0.462. The molecule has 1 atom stereocenters. The molecule has 0 radical (unpaired) electrons. The molecule has 5 heteroatoms. The number of nitriles is 1. The first-order chi connectivity index (χ1) is 15.0. The van der Waals surface area contributed by atoms with Crippen LogP contribution in [0.2, 0.25) is 0 Å². The van der Waals surface area contributed by atoms with Crippen molar-refractivity contribution < 1.29 is 9.90 Å². The largest absolute Gasteiger partial charge is 0.481 e. The van der Waals surface area contributed by atoms with Gasteiger partial charge in [0.2, 0.25) is 0 Å². The van der Waals surface area contributed by atoms with E-state index < -0.39 is 5.97 Å². The van der Waals surface area contributed by atoms with Gasteiger partial charge in [-0.3, -0.25) is 4.79 Å². The van der Waals surface area contributed by atoms with Gasteiger partial charge in [0.1, 0.15) is 0 Å². The summed E-state index contributed by atoms with van der Waals surface area (Å²) in [5, 5.41) is 22.0. The highest BCUT2D eigenvalue weighted by molar-refractivity contribution is 5.77. The first-order valence-corrected chi connectivity index (χ1v) is 11.4. The zero-order valence-corrected chi connectivity index (χ0v) is 18.6. The van der Waals surface area contributed by atoms with Crippen LogP contribution in [0.4, 0.5) is 17.1 Å². The highest BCUT2D eigenvalue weighted by atomic mass is 16.4. The lowest BCUT2D eigenvalue weighted by Crippen LogP contribution is -2.37. The maximum absolute atomic E-state index is 11.4. The van der Waals surface area contributed by atoms with Crippen LogP contribution in [-0.4, -0.2) is 23.7 Å². The normalized spacial score (nSPS) is 15.1. The van der Waals surface area contributed by atoms with Gasteiger partial charge in [0.15, 0.2) is 0 Å². The zero-order valence-electron chi connectivity index (χ0n) is 18.6. The lowest BCUT2D eigenvalue weighted by atomic mass is 9.91. The van der Waals surface area contributed by atoms with Gasteiger partial charge in [0, 0.05) is 18.3 Å². The third-order valence-electron chi connectivity index (χ3n) is 6.36. The Morgan fingerprint density at radius 2 is 1.87 bits per heavy atom. The molecular weight excluding hydrogens is 386 g/mol. The molecule has 0 aromatic heterocycles. The van der Waals surface area contributed by atoms with Crippen molar-refractivity contribution in [3.8, 4) is 6.07 Å². The number of aliphatic carboxylic acids is 1. The molecule has 164 valence electrons. The fourth-order valence-electron chi connectivity index (χ4n) is 4.67. The minimum atomic E-state index is -0.769. The number of nitrogens with zero attached hydrogens (tertiary/aromatic N) is 2. The van der Waals surface area contributed by atoms with Crippen LogP contribution in [0.25, 0.3) is 0 Å². The van der Waals surface area contributed by atoms with Crippen LogP contribution >= 0.6 is 0 Å². The molecule has 31 heavy (non-hydrogen) atoms. The van der Waals surface area contributed by atoms with Crippen LogP contribution in [0.1, 0.15) is 75.8 Å². The number of anilines is 3. The monoisotopic (exact) mass is 419 g/mol. The topological polar surface area (TPSA) is 76.4 Å². The molecule has 0 spiro atoms. The Labute approximate surface area is 185 Å². The molecule has 0 amide bonds. The number of carbonyl (C=O) groups is 1. The Morgan fingerprint density at radius 1 is 1.16 bits per heavy atom. The highest BCUT2D eigenvalue weighted by Crippen LogP contribution is 2.37. The molecule has 0 bridgehead atoms. The van der Waals surface area contributed by atoms with Gasteiger partial charge >= 0.3 is 5.97 Å². The van der Waals surface area contributed by atoms with Gasteiger partial charge in [-0.05, 0) is 74.1 Å². The van der Waals surface area contributed by atoms with Gasteiger partial charge in [-0.2, -0.15) is 5.26 Å². The van der Waals surface area contributed by atoms with E-state index >= 15 is 0 Å². The van der Waals surface area contributed by atoms with E-state index in [0.717, 1.165) is 35.6 Å². The summed E-state index contributed by atoms with van der Waals surface area (Å²) in [6, 6.07) is 16.5. The second kappa shape index (κ2) is 10.9. The maximum Gasteiger partial charge on any atom is 0.303 e. The molecular formula is C26H33N3O2. The molecule has 2 N–H and O–H groups in total.